The monoisotopic (exact) mass is 422 g/mol. The molecule has 142 valence electrons. The van der Waals surface area contributed by atoms with E-state index >= 15 is 0 Å². The zero-order chi connectivity index (χ0) is 18.1. The first-order valence-electron chi connectivity index (χ1n) is 8.54. The fourth-order valence-electron chi connectivity index (χ4n) is 3.03. The van der Waals surface area contributed by atoms with Gasteiger partial charge in [0.25, 0.3) is 5.91 Å². The van der Waals surface area contributed by atoms with Crippen molar-refractivity contribution in [2.24, 2.45) is 0 Å². The number of hydrogen-bond acceptors (Lipinski definition) is 4. The topological polar surface area (TPSA) is 59.0 Å². The molecule has 1 aliphatic heterocycles. The van der Waals surface area contributed by atoms with Crippen molar-refractivity contribution in [2.45, 2.75) is 13.3 Å². The van der Waals surface area contributed by atoms with Crippen LogP contribution >= 0.6 is 35.3 Å². The second kappa shape index (κ2) is 8.44. The number of nitrogens with zero attached hydrogens (tertiary/aromatic N) is 2. The normalized spacial score (nSPS) is 13.9. The van der Waals surface area contributed by atoms with E-state index in [2.05, 4.69) is 21.8 Å². The first-order valence-corrected chi connectivity index (χ1v) is 9.73. The van der Waals surface area contributed by atoms with Crippen LogP contribution in [0.2, 0.25) is 5.02 Å². The van der Waals surface area contributed by atoms with Crippen LogP contribution in [0.1, 0.15) is 21.8 Å². The lowest BCUT2D eigenvalue weighted by atomic mass is 10.1. The van der Waals surface area contributed by atoms with E-state index in [0.29, 0.717) is 16.4 Å². The minimum atomic E-state index is -0.0345. The summed E-state index contributed by atoms with van der Waals surface area (Å²) in [6.07, 6.45) is 3.13. The van der Waals surface area contributed by atoms with Gasteiger partial charge in [0, 0.05) is 23.5 Å². The van der Waals surface area contributed by atoms with Crippen molar-refractivity contribution in [2.75, 3.05) is 19.6 Å². The molecule has 0 spiro atoms. The maximum atomic E-state index is 12.6. The lowest BCUT2D eigenvalue weighted by Crippen LogP contribution is -2.29. The number of halogens is 2. The van der Waals surface area contributed by atoms with Gasteiger partial charge in [-0.05, 0) is 50.2 Å². The highest BCUT2D eigenvalue weighted by atomic mass is 35.5. The summed E-state index contributed by atoms with van der Waals surface area (Å²) in [5, 5.41) is 12.6. The van der Waals surface area contributed by atoms with Crippen LogP contribution in [-0.4, -0.2) is 35.3 Å². The summed E-state index contributed by atoms with van der Waals surface area (Å²) in [5.41, 5.74) is 3.12. The number of nitrogens with one attached hydrogen (secondary N) is 2. The van der Waals surface area contributed by atoms with E-state index in [-0.39, 0.29) is 18.3 Å². The van der Waals surface area contributed by atoms with Gasteiger partial charge < -0.3 is 10.6 Å². The van der Waals surface area contributed by atoms with Crippen molar-refractivity contribution in [3.05, 3.63) is 57.6 Å². The zero-order valence-electron chi connectivity index (χ0n) is 14.8. The third kappa shape index (κ3) is 4.19. The average Bonchev–Trinajstić information content (AvgIpc) is 3.22. The lowest BCUT2D eigenvalue weighted by Gasteiger charge is -2.14. The number of aryl methyl sites for hydroxylation is 1. The van der Waals surface area contributed by atoms with Gasteiger partial charge in [-0.2, -0.15) is 5.10 Å². The first kappa shape index (κ1) is 19.9. The molecule has 0 fully saturated rings. The molecule has 8 heteroatoms. The average molecular weight is 423 g/mol. The number of carbonyl (C=O) groups excluding carboxylic acids is 1. The molecule has 27 heavy (non-hydrogen) atoms. The Kier molecular flexibility index (Phi) is 6.22. The van der Waals surface area contributed by atoms with Crippen molar-refractivity contribution in [1.29, 1.82) is 0 Å². The maximum absolute atomic E-state index is 12.6. The molecule has 5 nitrogen and oxygen atoms in total. The third-order valence-corrected chi connectivity index (χ3v) is 5.83. The van der Waals surface area contributed by atoms with E-state index in [1.807, 2.05) is 41.9 Å². The predicted molar refractivity (Wildman–Crippen MR) is 114 cm³/mol. The Hall–Kier alpha value is -1.86. The van der Waals surface area contributed by atoms with Crippen molar-refractivity contribution >= 4 is 51.5 Å². The summed E-state index contributed by atoms with van der Waals surface area (Å²) < 4.78 is 1.87. The summed E-state index contributed by atoms with van der Waals surface area (Å²) in [6, 6.07) is 9.47. The number of carbonyl (C=O) groups is 1. The summed E-state index contributed by atoms with van der Waals surface area (Å²) in [4.78, 5) is 14.2. The first-order chi connectivity index (χ1) is 12.6. The Labute approximate surface area is 172 Å². The van der Waals surface area contributed by atoms with Crippen LogP contribution in [-0.2, 0) is 0 Å². The molecule has 0 bridgehead atoms. The Balaban J connectivity index is 0.00000210. The van der Waals surface area contributed by atoms with Crippen LogP contribution in [0.25, 0.3) is 15.9 Å². The predicted octanol–water partition coefficient (Wildman–Crippen LogP) is 4.12. The molecule has 3 heterocycles. The number of thiophene rings is 1. The molecule has 0 saturated heterocycles. The molecule has 1 aliphatic rings. The van der Waals surface area contributed by atoms with Crippen molar-refractivity contribution in [3.63, 3.8) is 0 Å². The van der Waals surface area contributed by atoms with Gasteiger partial charge in [-0.15, -0.1) is 23.7 Å². The number of fused-ring (bicyclic) bond motifs is 1. The summed E-state index contributed by atoms with van der Waals surface area (Å²) >= 11 is 7.44. The molecular weight excluding hydrogens is 403 g/mol. The molecule has 0 saturated carbocycles. The highest BCUT2D eigenvalue weighted by Gasteiger charge is 2.17. The number of aromatic nitrogens is 2. The molecule has 4 rings (SSSR count). The van der Waals surface area contributed by atoms with E-state index in [1.165, 1.54) is 16.9 Å². The Morgan fingerprint density at radius 2 is 2.15 bits per heavy atom. The van der Waals surface area contributed by atoms with E-state index in [4.69, 9.17) is 11.6 Å². The summed E-state index contributed by atoms with van der Waals surface area (Å²) in [5.74, 6) is -0.0345. The SMILES string of the molecule is Cc1nn(-c2ccc(Cl)cc2)c2sc(C(=O)NCC3=CCNCC3)cc12.Cl. The smallest absolute Gasteiger partial charge is 0.261 e. The van der Waals surface area contributed by atoms with Crippen molar-refractivity contribution in [1.82, 2.24) is 20.4 Å². The molecular formula is C19H20Cl2N4OS. The van der Waals surface area contributed by atoms with Gasteiger partial charge in [0.2, 0.25) is 0 Å². The van der Waals surface area contributed by atoms with Crippen LogP contribution in [0.4, 0.5) is 0 Å². The van der Waals surface area contributed by atoms with Gasteiger partial charge in [0.1, 0.15) is 4.83 Å². The van der Waals surface area contributed by atoms with Crippen LogP contribution in [0, 0.1) is 6.92 Å². The molecule has 0 unspecified atom stereocenters. The Morgan fingerprint density at radius 3 is 2.85 bits per heavy atom. The van der Waals surface area contributed by atoms with Crippen molar-refractivity contribution in [3.8, 4) is 5.69 Å². The minimum Gasteiger partial charge on any atom is -0.348 e. The van der Waals surface area contributed by atoms with E-state index < -0.39 is 0 Å². The van der Waals surface area contributed by atoms with Crippen LogP contribution in [0.5, 0.6) is 0 Å². The summed E-state index contributed by atoms with van der Waals surface area (Å²) in [6.45, 7) is 4.42. The van der Waals surface area contributed by atoms with Crippen LogP contribution in [0.3, 0.4) is 0 Å². The molecule has 1 amide bonds. The maximum Gasteiger partial charge on any atom is 0.261 e. The minimum absolute atomic E-state index is 0. The van der Waals surface area contributed by atoms with E-state index in [1.54, 1.807) is 0 Å². The van der Waals surface area contributed by atoms with E-state index in [0.717, 1.165) is 41.1 Å². The fourth-order valence-corrected chi connectivity index (χ4v) is 4.25. The Morgan fingerprint density at radius 1 is 1.37 bits per heavy atom. The van der Waals surface area contributed by atoms with Gasteiger partial charge in [-0.3, -0.25) is 4.79 Å². The lowest BCUT2D eigenvalue weighted by molar-refractivity contribution is 0.0960. The van der Waals surface area contributed by atoms with Gasteiger partial charge in [-0.25, -0.2) is 4.68 Å². The molecule has 2 N–H and O–H groups in total. The number of amides is 1. The van der Waals surface area contributed by atoms with Gasteiger partial charge in [-0.1, -0.05) is 23.3 Å². The Bertz CT molecular complexity index is 991. The number of benzene rings is 1. The van der Waals surface area contributed by atoms with Crippen molar-refractivity contribution < 1.29 is 4.79 Å². The summed E-state index contributed by atoms with van der Waals surface area (Å²) in [7, 11) is 0. The number of rotatable bonds is 4. The van der Waals surface area contributed by atoms with Crippen LogP contribution in [0.15, 0.2) is 42.0 Å². The molecule has 0 atom stereocenters. The highest BCUT2D eigenvalue weighted by molar-refractivity contribution is 7.20. The highest BCUT2D eigenvalue weighted by Crippen LogP contribution is 2.30. The third-order valence-electron chi connectivity index (χ3n) is 4.47. The van der Waals surface area contributed by atoms with Gasteiger partial charge in [0.05, 0.1) is 16.3 Å². The molecule has 1 aromatic carbocycles. The van der Waals surface area contributed by atoms with Crippen LogP contribution < -0.4 is 10.6 Å². The second-order valence-corrected chi connectivity index (χ2v) is 7.77. The quantitative estimate of drug-likeness (QED) is 0.621. The standard InChI is InChI=1S/C19H19ClN4OS.ClH/c1-12-16-10-17(18(25)22-11-13-6-8-21-9-7-13)26-19(16)24(23-12)15-4-2-14(20)3-5-15;/h2-6,10,21H,7-9,11H2,1H3,(H,22,25);1H. The molecule has 2 aromatic heterocycles. The second-order valence-electron chi connectivity index (χ2n) is 6.30. The molecule has 0 radical (unpaired) electrons. The fraction of sp³-hybridized carbons (Fsp3) is 0.263. The molecule has 0 aliphatic carbocycles. The van der Waals surface area contributed by atoms with Gasteiger partial charge in [0.15, 0.2) is 0 Å². The van der Waals surface area contributed by atoms with Gasteiger partial charge >= 0.3 is 0 Å². The largest absolute Gasteiger partial charge is 0.348 e. The molecule has 3 aromatic rings. The number of hydrogen-bond donors (Lipinski definition) is 2. The zero-order valence-corrected chi connectivity index (χ0v) is 17.2. The van der Waals surface area contributed by atoms with E-state index in [9.17, 15) is 4.79 Å².